The van der Waals surface area contributed by atoms with Crippen LogP contribution in [0.4, 0.5) is 4.39 Å². The van der Waals surface area contributed by atoms with E-state index in [4.69, 9.17) is 11.6 Å². The summed E-state index contributed by atoms with van der Waals surface area (Å²) in [6.45, 7) is 1.05. The van der Waals surface area contributed by atoms with Gasteiger partial charge in [0, 0.05) is 31.9 Å². The standard InChI is InChI=1S/C19H17ClFN3O/c20-15-7-4-8-16(21)18(15)19(25)23-10-9-17-22-11-12-24(17)13-14-5-2-1-3-6-14/h1-8,11-12H,9-10,13H2,(H,23,25). The number of hydrogen-bond acceptors (Lipinski definition) is 2. The van der Waals surface area contributed by atoms with Crippen molar-refractivity contribution in [1.82, 2.24) is 14.9 Å². The number of imidazole rings is 1. The lowest BCUT2D eigenvalue weighted by Crippen LogP contribution is -2.27. The fourth-order valence-electron chi connectivity index (χ4n) is 2.58. The van der Waals surface area contributed by atoms with Gasteiger partial charge in [0.05, 0.1) is 10.6 Å². The average Bonchev–Trinajstić information content (AvgIpc) is 3.03. The van der Waals surface area contributed by atoms with Crippen molar-refractivity contribution in [3.63, 3.8) is 0 Å². The Kier molecular flexibility index (Phi) is 5.46. The fraction of sp³-hybridized carbons (Fsp3) is 0.158. The molecule has 25 heavy (non-hydrogen) atoms. The van der Waals surface area contributed by atoms with E-state index in [0.29, 0.717) is 19.5 Å². The number of carbonyl (C=O) groups excluding carboxylic acids is 1. The molecule has 128 valence electrons. The number of aromatic nitrogens is 2. The van der Waals surface area contributed by atoms with E-state index in [9.17, 15) is 9.18 Å². The number of rotatable bonds is 6. The Morgan fingerprint density at radius 1 is 1.16 bits per heavy atom. The van der Waals surface area contributed by atoms with Crippen LogP contribution in [0.15, 0.2) is 60.9 Å². The van der Waals surface area contributed by atoms with Crippen molar-refractivity contribution in [3.05, 3.63) is 88.7 Å². The lowest BCUT2D eigenvalue weighted by atomic mass is 10.2. The van der Waals surface area contributed by atoms with Crippen molar-refractivity contribution in [2.75, 3.05) is 6.54 Å². The molecule has 0 aliphatic rings. The number of hydrogen-bond donors (Lipinski definition) is 1. The monoisotopic (exact) mass is 357 g/mol. The number of carbonyl (C=O) groups is 1. The highest BCUT2D eigenvalue weighted by molar-refractivity contribution is 6.33. The summed E-state index contributed by atoms with van der Waals surface area (Å²) in [7, 11) is 0. The molecule has 0 saturated heterocycles. The van der Waals surface area contributed by atoms with Crippen LogP contribution >= 0.6 is 11.6 Å². The normalized spacial score (nSPS) is 10.6. The van der Waals surface area contributed by atoms with Crippen molar-refractivity contribution in [2.24, 2.45) is 0 Å². The van der Waals surface area contributed by atoms with Crippen LogP contribution in [-0.4, -0.2) is 22.0 Å². The van der Waals surface area contributed by atoms with Crippen LogP contribution in [0.25, 0.3) is 0 Å². The molecule has 1 heterocycles. The molecule has 6 heteroatoms. The molecule has 1 aromatic heterocycles. The van der Waals surface area contributed by atoms with Gasteiger partial charge in [-0.1, -0.05) is 48.0 Å². The Hall–Kier alpha value is -2.66. The third-order valence-corrected chi connectivity index (χ3v) is 4.14. The first-order valence-electron chi connectivity index (χ1n) is 7.91. The quantitative estimate of drug-likeness (QED) is 0.731. The Bertz CT molecular complexity index is 844. The number of benzene rings is 2. The minimum Gasteiger partial charge on any atom is -0.351 e. The topological polar surface area (TPSA) is 46.9 Å². The van der Waals surface area contributed by atoms with Crippen LogP contribution in [0.3, 0.4) is 0 Å². The Balaban J connectivity index is 1.60. The minimum atomic E-state index is -0.629. The van der Waals surface area contributed by atoms with Crippen molar-refractivity contribution >= 4 is 17.5 Å². The SMILES string of the molecule is O=C(NCCc1nccn1Cc1ccccc1)c1c(F)cccc1Cl. The fourth-order valence-corrected chi connectivity index (χ4v) is 2.83. The molecule has 0 unspecified atom stereocenters. The summed E-state index contributed by atoms with van der Waals surface area (Å²) in [6, 6.07) is 14.2. The van der Waals surface area contributed by atoms with Gasteiger partial charge in [-0.2, -0.15) is 0 Å². The highest BCUT2D eigenvalue weighted by Gasteiger charge is 2.15. The molecule has 2 aromatic carbocycles. The van der Waals surface area contributed by atoms with E-state index in [0.717, 1.165) is 5.82 Å². The Labute approximate surface area is 150 Å². The molecule has 0 fully saturated rings. The minimum absolute atomic E-state index is 0.100. The van der Waals surface area contributed by atoms with E-state index in [1.807, 2.05) is 41.1 Å². The van der Waals surface area contributed by atoms with E-state index in [1.165, 1.54) is 23.8 Å². The number of nitrogens with one attached hydrogen (secondary N) is 1. The van der Waals surface area contributed by atoms with Gasteiger partial charge in [-0.15, -0.1) is 0 Å². The van der Waals surface area contributed by atoms with Crippen LogP contribution in [-0.2, 0) is 13.0 Å². The molecule has 1 N–H and O–H groups in total. The van der Waals surface area contributed by atoms with Gasteiger partial charge in [0.1, 0.15) is 11.6 Å². The summed E-state index contributed by atoms with van der Waals surface area (Å²) < 4.78 is 15.8. The van der Waals surface area contributed by atoms with E-state index >= 15 is 0 Å². The second kappa shape index (κ2) is 7.94. The molecule has 0 saturated carbocycles. The zero-order valence-corrected chi connectivity index (χ0v) is 14.2. The molecular formula is C19H17ClFN3O. The molecule has 1 amide bonds. The first-order valence-corrected chi connectivity index (χ1v) is 8.29. The van der Waals surface area contributed by atoms with Gasteiger partial charge in [0.15, 0.2) is 0 Å². The van der Waals surface area contributed by atoms with Crippen molar-refractivity contribution in [3.8, 4) is 0 Å². The third-order valence-electron chi connectivity index (χ3n) is 3.82. The molecule has 0 spiro atoms. The maximum Gasteiger partial charge on any atom is 0.255 e. The number of halogens is 2. The van der Waals surface area contributed by atoms with Gasteiger partial charge in [-0.3, -0.25) is 4.79 Å². The smallest absolute Gasteiger partial charge is 0.255 e. The van der Waals surface area contributed by atoms with E-state index in [2.05, 4.69) is 10.3 Å². The molecule has 0 aliphatic carbocycles. The second-order valence-corrected chi connectivity index (χ2v) is 5.97. The van der Waals surface area contributed by atoms with Crippen LogP contribution in [0.2, 0.25) is 5.02 Å². The first-order chi connectivity index (χ1) is 12.1. The molecule has 3 aromatic rings. The molecule has 0 radical (unpaired) electrons. The number of amides is 1. The van der Waals surface area contributed by atoms with Crippen LogP contribution in [0.1, 0.15) is 21.7 Å². The van der Waals surface area contributed by atoms with Gasteiger partial charge in [-0.25, -0.2) is 9.37 Å². The summed E-state index contributed by atoms with van der Waals surface area (Å²) in [5.74, 6) is -0.302. The largest absolute Gasteiger partial charge is 0.351 e. The summed E-state index contributed by atoms with van der Waals surface area (Å²) in [5, 5.41) is 2.79. The van der Waals surface area contributed by atoms with Crippen LogP contribution < -0.4 is 5.32 Å². The predicted octanol–water partition coefficient (Wildman–Crippen LogP) is 3.70. The molecule has 3 rings (SSSR count). The van der Waals surface area contributed by atoms with Gasteiger partial charge < -0.3 is 9.88 Å². The van der Waals surface area contributed by atoms with Crippen molar-refractivity contribution in [2.45, 2.75) is 13.0 Å². The predicted molar refractivity (Wildman–Crippen MR) is 95.2 cm³/mol. The molecule has 0 atom stereocenters. The summed E-state index contributed by atoms with van der Waals surface area (Å²) in [4.78, 5) is 16.5. The van der Waals surface area contributed by atoms with Gasteiger partial charge >= 0.3 is 0 Å². The van der Waals surface area contributed by atoms with E-state index in [-0.39, 0.29) is 10.6 Å². The van der Waals surface area contributed by atoms with E-state index < -0.39 is 11.7 Å². The highest BCUT2D eigenvalue weighted by atomic mass is 35.5. The van der Waals surface area contributed by atoms with Crippen LogP contribution in [0.5, 0.6) is 0 Å². The molecule has 4 nitrogen and oxygen atoms in total. The van der Waals surface area contributed by atoms with E-state index in [1.54, 1.807) is 6.20 Å². The summed E-state index contributed by atoms with van der Waals surface area (Å²) in [6.07, 6.45) is 4.17. The first kappa shape index (κ1) is 17.2. The zero-order chi connectivity index (χ0) is 17.6. The van der Waals surface area contributed by atoms with Crippen molar-refractivity contribution < 1.29 is 9.18 Å². The Morgan fingerprint density at radius 2 is 1.96 bits per heavy atom. The summed E-state index contributed by atoms with van der Waals surface area (Å²) in [5.41, 5.74) is 1.04. The van der Waals surface area contributed by atoms with Gasteiger partial charge in [0.2, 0.25) is 0 Å². The molecule has 0 aliphatic heterocycles. The summed E-state index contributed by atoms with van der Waals surface area (Å²) >= 11 is 5.90. The Morgan fingerprint density at radius 3 is 2.72 bits per heavy atom. The van der Waals surface area contributed by atoms with Gasteiger partial charge in [-0.05, 0) is 17.7 Å². The highest BCUT2D eigenvalue weighted by Crippen LogP contribution is 2.18. The lowest BCUT2D eigenvalue weighted by Gasteiger charge is -2.10. The van der Waals surface area contributed by atoms with Gasteiger partial charge in [0.25, 0.3) is 5.91 Å². The zero-order valence-electron chi connectivity index (χ0n) is 13.5. The van der Waals surface area contributed by atoms with Crippen LogP contribution in [0, 0.1) is 5.82 Å². The van der Waals surface area contributed by atoms with Crippen molar-refractivity contribution in [1.29, 1.82) is 0 Å². The maximum atomic E-state index is 13.7. The third kappa shape index (κ3) is 4.25. The molecular weight excluding hydrogens is 341 g/mol. The average molecular weight is 358 g/mol. The maximum absolute atomic E-state index is 13.7. The number of nitrogens with zero attached hydrogens (tertiary/aromatic N) is 2. The lowest BCUT2D eigenvalue weighted by molar-refractivity contribution is 0.0950. The second-order valence-electron chi connectivity index (χ2n) is 5.56. The molecule has 0 bridgehead atoms.